The standard InChI is InChI=1S/C13H13BrFNO/c1-2-9-5-13(17)16(7-9)8-10-6-11(15)3-4-12(10)14/h2-4,6,9H,1,5,7-8H2. The van der Waals surface area contributed by atoms with Gasteiger partial charge in [0, 0.05) is 29.9 Å². The van der Waals surface area contributed by atoms with Gasteiger partial charge in [-0.15, -0.1) is 6.58 Å². The van der Waals surface area contributed by atoms with E-state index in [1.807, 2.05) is 0 Å². The molecule has 1 saturated heterocycles. The molecule has 90 valence electrons. The summed E-state index contributed by atoms with van der Waals surface area (Å²) in [5.74, 6) is 0.0380. The van der Waals surface area contributed by atoms with Gasteiger partial charge in [0.1, 0.15) is 5.82 Å². The Kier molecular flexibility index (Phi) is 3.62. The largest absolute Gasteiger partial charge is 0.338 e. The summed E-state index contributed by atoms with van der Waals surface area (Å²) in [6.45, 7) is 4.82. The van der Waals surface area contributed by atoms with Crippen LogP contribution in [0.3, 0.4) is 0 Å². The summed E-state index contributed by atoms with van der Waals surface area (Å²) in [4.78, 5) is 13.5. The fourth-order valence-electron chi connectivity index (χ4n) is 1.98. The SMILES string of the molecule is C=CC1CC(=O)N(Cc2cc(F)ccc2Br)C1. The van der Waals surface area contributed by atoms with Crippen LogP contribution >= 0.6 is 15.9 Å². The molecule has 4 heteroatoms. The molecule has 1 aliphatic rings. The second kappa shape index (κ2) is 5.00. The number of carbonyl (C=O) groups is 1. The van der Waals surface area contributed by atoms with Crippen LogP contribution in [-0.4, -0.2) is 17.4 Å². The molecule has 1 unspecified atom stereocenters. The molecule has 1 fully saturated rings. The molecule has 1 aliphatic heterocycles. The smallest absolute Gasteiger partial charge is 0.223 e. The third-order valence-electron chi connectivity index (χ3n) is 2.95. The summed E-state index contributed by atoms with van der Waals surface area (Å²) in [5, 5.41) is 0. The Hall–Kier alpha value is -1.16. The zero-order valence-electron chi connectivity index (χ0n) is 9.33. The number of nitrogens with zero attached hydrogens (tertiary/aromatic N) is 1. The molecule has 2 rings (SSSR count). The van der Waals surface area contributed by atoms with Crippen LogP contribution in [0.15, 0.2) is 35.3 Å². The average Bonchev–Trinajstić information content (AvgIpc) is 2.65. The maximum absolute atomic E-state index is 13.1. The van der Waals surface area contributed by atoms with Gasteiger partial charge in [0.15, 0.2) is 0 Å². The molecule has 1 amide bonds. The minimum Gasteiger partial charge on any atom is -0.338 e. The lowest BCUT2D eigenvalue weighted by Gasteiger charge is -2.17. The van der Waals surface area contributed by atoms with Crippen LogP contribution in [0.4, 0.5) is 4.39 Å². The van der Waals surface area contributed by atoms with Crippen LogP contribution in [-0.2, 0) is 11.3 Å². The summed E-state index contributed by atoms with van der Waals surface area (Å²) in [5.41, 5.74) is 0.795. The molecule has 0 aliphatic carbocycles. The van der Waals surface area contributed by atoms with Gasteiger partial charge in [-0.1, -0.05) is 22.0 Å². The van der Waals surface area contributed by atoms with Crippen LogP contribution in [0, 0.1) is 11.7 Å². The summed E-state index contributed by atoms with van der Waals surface area (Å²) in [7, 11) is 0. The molecule has 0 N–H and O–H groups in total. The van der Waals surface area contributed by atoms with Gasteiger partial charge in [-0.25, -0.2) is 4.39 Å². The van der Waals surface area contributed by atoms with Crippen LogP contribution in [0.5, 0.6) is 0 Å². The highest BCUT2D eigenvalue weighted by Gasteiger charge is 2.27. The fourth-order valence-corrected chi connectivity index (χ4v) is 2.36. The molecule has 0 bridgehead atoms. The summed E-state index contributed by atoms with van der Waals surface area (Å²) >= 11 is 3.37. The second-order valence-electron chi connectivity index (χ2n) is 4.21. The molecule has 0 aromatic heterocycles. The zero-order valence-corrected chi connectivity index (χ0v) is 10.9. The van der Waals surface area contributed by atoms with Crippen molar-refractivity contribution in [3.63, 3.8) is 0 Å². The minimum atomic E-state index is -0.282. The number of carbonyl (C=O) groups excluding carboxylic acids is 1. The van der Waals surface area contributed by atoms with Gasteiger partial charge in [-0.2, -0.15) is 0 Å². The Balaban J connectivity index is 2.13. The molecule has 0 radical (unpaired) electrons. The van der Waals surface area contributed by atoms with E-state index in [0.717, 1.165) is 10.0 Å². The Morgan fingerprint density at radius 1 is 1.59 bits per heavy atom. The van der Waals surface area contributed by atoms with Gasteiger partial charge < -0.3 is 4.90 Å². The third-order valence-corrected chi connectivity index (χ3v) is 3.72. The molecule has 0 saturated carbocycles. The molecular formula is C13H13BrFNO. The lowest BCUT2D eigenvalue weighted by atomic mass is 10.1. The number of likely N-dealkylation sites (tertiary alicyclic amines) is 1. The average molecular weight is 298 g/mol. The highest BCUT2D eigenvalue weighted by molar-refractivity contribution is 9.10. The van der Waals surface area contributed by atoms with Crippen molar-refractivity contribution < 1.29 is 9.18 Å². The minimum absolute atomic E-state index is 0.103. The van der Waals surface area contributed by atoms with Crippen molar-refractivity contribution >= 4 is 21.8 Å². The Morgan fingerprint density at radius 2 is 2.35 bits per heavy atom. The van der Waals surface area contributed by atoms with Gasteiger partial charge in [0.25, 0.3) is 0 Å². The fraction of sp³-hybridized carbons (Fsp3) is 0.308. The molecule has 0 spiro atoms. The Morgan fingerprint density at radius 3 is 3.00 bits per heavy atom. The third kappa shape index (κ3) is 2.75. The van der Waals surface area contributed by atoms with Crippen molar-refractivity contribution in [3.05, 3.63) is 46.7 Å². The maximum atomic E-state index is 13.1. The lowest BCUT2D eigenvalue weighted by Crippen LogP contribution is -2.24. The number of hydrogen-bond donors (Lipinski definition) is 0. The number of hydrogen-bond acceptors (Lipinski definition) is 1. The quantitative estimate of drug-likeness (QED) is 0.785. The lowest BCUT2D eigenvalue weighted by molar-refractivity contribution is -0.128. The maximum Gasteiger partial charge on any atom is 0.223 e. The first-order valence-corrected chi connectivity index (χ1v) is 6.23. The predicted molar refractivity (Wildman–Crippen MR) is 67.8 cm³/mol. The van der Waals surface area contributed by atoms with E-state index in [0.29, 0.717) is 19.5 Å². The molecule has 1 aromatic rings. The van der Waals surface area contributed by atoms with Gasteiger partial charge in [-0.05, 0) is 23.8 Å². The summed E-state index contributed by atoms with van der Waals surface area (Å²) < 4.78 is 13.9. The van der Waals surface area contributed by atoms with Crippen LogP contribution in [0.2, 0.25) is 0 Å². The number of rotatable bonds is 3. The number of amides is 1. The topological polar surface area (TPSA) is 20.3 Å². The number of halogens is 2. The van der Waals surface area contributed by atoms with Crippen LogP contribution in [0.1, 0.15) is 12.0 Å². The first kappa shape index (κ1) is 12.3. The van der Waals surface area contributed by atoms with Crippen molar-refractivity contribution in [2.45, 2.75) is 13.0 Å². The van der Waals surface area contributed by atoms with E-state index in [1.54, 1.807) is 17.0 Å². The highest BCUT2D eigenvalue weighted by Crippen LogP contribution is 2.24. The Labute approximate surface area is 108 Å². The molecule has 17 heavy (non-hydrogen) atoms. The molecular weight excluding hydrogens is 285 g/mol. The molecule has 1 atom stereocenters. The van der Waals surface area contributed by atoms with E-state index in [1.165, 1.54) is 12.1 Å². The summed E-state index contributed by atoms with van der Waals surface area (Å²) in [6, 6.07) is 4.51. The Bertz CT molecular complexity index is 461. The van der Waals surface area contributed by atoms with Gasteiger partial charge in [0.2, 0.25) is 5.91 Å². The summed E-state index contributed by atoms with van der Waals surface area (Å²) in [6.07, 6.45) is 2.31. The van der Waals surface area contributed by atoms with Crippen LogP contribution < -0.4 is 0 Å². The first-order valence-electron chi connectivity index (χ1n) is 5.44. The second-order valence-corrected chi connectivity index (χ2v) is 5.06. The molecule has 1 aromatic carbocycles. The number of benzene rings is 1. The van der Waals surface area contributed by atoms with Gasteiger partial charge >= 0.3 is 0 Å². The van der Waals surface area contributed by atoms with Crippen molar-refractivity contribution in [2.75, 3.05) is 6.54 Å². The zero-order chi connectivity index (χ0) is 12.4. The van der Waals surface area contributed by atoms with Gasteiger partial charge in [-0.3, -0.25) is 4.79 Å². The van der Waals surface area contributed by atoms with Crippen molar-refractivity contribution in [2.24, 2.45) is 5.92 Å². The van der Waals surface area contributed by atoms with E-state index >= 15 is 0 Å². The monoisotopic (exact) mass is 297 g/mol. The van der Waals surface area contributed by atoms with E-state index in [9.17, 15) is 9.18 Å². The molecule has 2 nitrogen and oxygen atoms in total. The van der Waals surface area contributed by atoms with E-state index in [-0.39, 0.29) is 17.6 Å². The van der Waals surface area contributed by atoms with Crippen molar-refractivity contribution in [1.82, 2.24) is 4.90 Å². The normalized spacial score (nSPS) is 19.8. The van der Waals surface area contributed by atoms with E-state index in [2.05, 4.69) is 22.5 Å². The van der Waals surface area contributed by atoms with Gasteiger partial charge in [0.05, 0.1) is 0 Å². The first-order chi connectivity index (χ1) is 8.10. The van der Waals surface area contributed by atoms with Crippen molar-refractivity contribution in [3.8, 4) is 0 Å². The van der Waals surface area contributed by atoms with Crippen LogP contribution in [0.25, 0.3) is 0 Å². The predicted octanol–water partition coefficient (Wildman–Crippen LogP) is 3.12. The highest BCUT2D eigenvalue weighted by atomic mass is 79.9. The van der Waals surface area contributed by atoms with Crippen molar-refractivity contribution in [1.29, 1.82) is 0 Å². The van der Waals surface area contributed by atoms with E-state index in [4.69, 9.17) is 0 Å². The van der Waals surface area contributed by atoms with E-state index < -0.39 is 0 Å². The molecule has 1 heterocycles.